The molecular formula is C20H23FN2O2. The van der Waals surface area contributed by atoms with Gasteiger partial charge in [0.2, 0.25) is 11.8 Å². The summed E-state index contributed by atoms with van der Waals surface area (Å²) in [6.07, 6.45) is 0.604. The van der Waals surface area contributed by atoms with Crippen LogP contribution in [-0.4, -0.2) is 24.9 Å². The number of hydrogen-bond acceptors (Lipinski definition) is 2. The Morgan fingerprint density at radius 3 is 2.32 bits per heavy atom. The third kappa shape index (κ3) is 6.75. The molecule has 2 aromatic carbocycles. The lowest BCUT2D eigenvalue weighted by Gasteiger charge is -2.12. The van der Waals surface area contributed by atoms with Crippen molar-refractivity contribution in [2.24, 2.45) is 0 Å². The molecule has 2 amide bonds. The van der Waals surface area contributed by atoms with Crippen LogP contribution in [-0.2, 0) is 16.0 Å². The number of amides is 2. The van der Waals surface area contributed by atoms with Gasteiger partial charge < -0.3 is 10.6 Å². The monoisotopic (exact) mass is 342 g/mol. The lowest BCUT2D eigenvalue weighted by atomic mass is 9.97. The molecule has 0 aliphatic heterocycles. The Kier molecular flexibility index (Phi) is 7.14. The molecule has 0 saturated heterocycles. The molecule has 25 heavy (non-hydrogen) atoms. The summed E-state index contributed by atoms with van der Waals surface area (Å²) < 4.78 is 13.2. The molecule has 2 rings (SSSR count). The molecule has 0 unspecified atom stereocenters. The van der Waals surface area contributed by atoms with Crippen LogP contribution in [0.2, 0.25) is 0 Å². The van der Waals surface area contributed by atoms with E-state index < -0.39 is 0 Å². The van der Waals surface area contributed by atoms with Crippen LogP contribution in [0.5, 0.6) is 0 Å². The maximum absolute atomic E-state index is 13.2. The number of hydrogen-bond donors (Lipinski definition) is 2. The summed E-state index contributed by atoms with van der Waals surface area (Å²) in [5.41, 5.74) is 1.75. The molecule has 0 aliphatic carbocycles. The molecule has 0 heterocycles. The van der Waals surface area contributed by atoms with Gasteiger partial charge in [-0.05, 0) is 29.2 Å². The fourth-order valence-corrected chi connectivity index (χ4v) is 2.53. The molecule has 0 fully saturated rings. The smallest absolute Gasteiger partial charge is 0.224 e. The van der Waals surface area contributed by atoms with Crippen LogP contribution in [0.1, 0.15) is 30.4 Å². The summed E-state index contributed by atoms with van der Waals surface area (Å²) in [5.74, 6) is -0.558. The number of rotatable bonds is 8. The highest BCUT2D eigenvalue weighted by molar-refractivity contribution is 5.79. The average Bonchev–Trinajstić information content (AvgIpc) is 2.59. The Labute approximate surface area is 147 Å². The minimum Gasteiger partial charge on any atom is -0.354 e. The zero-order valence-electron chi connectivity index (χ0n) is 14.3. The lowest BCUT2D eigenvalue weighted by molar-refractivity contribution is -0.122. The Morgan fingerprint density at radius 2 is 1.64 bits per heavy atom. The summed E-state index contributed by atoms with van der Waals surface area (Å²) in [7, 11) is 0. The molecule has 0 bridgehead atoms. The van der Waals surface area contributed by atoms with E-state index in [0.717, 1.165) is 11.1 Å². The maximum Gasteiger partial charge on any atom is 0.224 e. The van der Waals surface area contributed by atoms with E-state index in [1.807, 2.05) is 43.3 Å². The van der Waals surface area contributed by atoms with Crippen molar-refractivity contribution in [3.8, 4) is 0 Å². The second-order valence-corrected chi connectivity index (χ2v) is 6.02. The van der Waals surface area contributed by atoms with Crippen LogP contribution < -0.4 is 10.6 Å². The fourth-order valence-electron chi connectivity index (χ4n) is 2.53. The van der Waals surface area contributed by atoms with E-state index in [1.165, 1.54) is 12.1 Å². The third-order valence-electron chi connectivity index (χ3n) is 3.89. The Hall–Kier alpha value is -2.69. The van der Waals surface area contributed by atoms with Crippen LogP contribution in [0.4, 0.5) is 4.39 Å². The quantitative estimate of drug-likeness (QED) is 0.725. The molecule has 0 aromatic heterocycles. The second kappa shape index (κ2) is 9.57. The summed E-state index contributed by atoms with van der Waals surface area (Å²) in [4.78, 5) is 23.7. The minimum atomic E-state index is -0.300. The van der Waals surface area contributed by atoms with Gasteiger partial charge in [0, 0.05) is 19.5 Å². The van der Waals surface area contributed by atoms with E-state index in [4.69, 9.17) is 0 Å². The molecule has 0 saturated carbocycles. The predicted octanol–water partition coefficient (Wildman–Crippen LogP) is 2.79. The van der Waals surface area contributed by atoms with Gasteiger partial charge in [-0.25, -0.2) is 4.39 Å². The van der Waals surface area contributed by atoms with Crippen LogP contribution in [0.3, 0.4) is 0 Å². The zero-order valence-corrected chi connectivity index (χ0v) is 14.3. The molecule has 0 radical (unpaired) electrons. The van der Waals surface area contributed by atoms with Gasteiger partial charge in [-0.15, -0.1) is 0 Å². The Morgan fingerprint density at radius 1 is 0.960 bits per heavy atom. The molecule has 5 heteroatoms. The highest BCUT2D eigenvalue weighted by Gasteiger charge is 2.11. The largest absolute Gasteiger partial charge is 0.354 e. The van der Waals surface area contributed by atoms with Crippen LogP contribution in [0.25, 0.3) is 0 Å². The maximum atomic E-state index is 13.2. The van der Waals surface area contributed by atoms with E-state index >= 15 is 0 Å². The van der Waals surface area contributed by atoms with Crippen molar-refractivity contribution in [2.45, 2.75) is 25.7 Å². The Bertz CT molecular complexity index is 704. The highest BCUT2D eigenvalue weighted by atomic mass is 19.1. The van der Waals surface area contributed by atoms with Gasteiger partial charge in [-0.2, -0.15) is 0 Å². The topological polar surface area (TPSA) is 58.2 Å². The average molecular weight is 342 g/mol. The molecule has 1 atom stereocenters. The fraction of sp³-hybridized carbons (Fsp3) is 0.300. The van der Waals surface area contributed by atoms with Gasteiger partial charge in [0.1, 0.15) is 5.82 Å². The van der Waals surface area contributed by atoms with Gasteiger partial charge in [-0.1, -0.05) is 49.4 Å². The van der Waals surface area contributed by atoms with Crippen molar-refractivity contribution in [1.82, 2.24) is 10.6 Å². The summed E-state index contributed by atoms with van der Waals surface area (Å²) in [6, 6.07) is 15.8. The van der Waals surface area contributed by atoms with Crippen molar-refractivity contribution in [3.05, 3.63) is 71.5 Å². The number of benzene rings is 2. The number of carbonyl (C=O) groups is 2. The highest BCUT2D eigenvalue weighted by Crippen LogP contribution is 2.19. The minimum absolute atomic E-state index is 0.0663. The molecule has 2 aromatic rings. The zero-order chi connectivity index (χ0) is 18.1. The van der Waals surface area contributed by atoms with Crippen molar-refractivity contribution < 1.29 is 14.0 Å². The van der Waals surface area contributed by atoms with Gasteiger partial charge in [0.25, 0.3) is 0 Å². The van der Waals surface area contributed by atoms with Crippen LogP contribution in [0.15, 0.2) is 54.6 Å². The van der Waals surface area contributed by atoms with Gasteiger partial charge in [0.05, 0.1) is 6.42 Å². The van der Waals surface area contributed by atoms with Crippen molar-refractivity contribution in [2.75, 3.05) is 13.1 Å². The van der Waals surface area contributed by atoms with Crippen molar-refractivity contribution in [3.63, 3.8) is 0 Å². The standard InChI is InChI=1S/C20H23FN2O2/c1-15(17-8-5-9-18(21)14-17)12-19(24)22-10-11-23-20(25)13-16-6-3-2-4-7-16/h2-9,14-15H,10-13H2,1H3,(H,22,24)(H,23,25)/t15-/m0/s1. The molecule has 132 valence electrons. The Balaban J connectivity index is 1.64. The van der Waals surface area contributed by atoms with Crippen molar-refractivity contribution >= 4 is 11.8 Å². The normalized spacial score (nSPS) is 11.6. The van der Waals surface area contributed by atoms with E-state index in [-0.39, 0.29) is 30.0 Å². The van der Waals surface area contributed by atoms with Crippen LogP contribution >= 0.6 is 0 Å². The number of nitrogens with one attached hydrogen (secondary N) is 2. The summed E-state index contributed by atoms with van der Waals surface area (Å²) in [6.45, 7) is 2.64. The summed E-state index contributed by atoms with van der Waals surface area (Å²) >= 11 is 0. The molecule has 4 nitrogen and oxygen atoms in total. The molecule has 2 N–H and O–H groups in total. The van der Waals surface area contributed by atoms with E-state index in [9.17, 15) is 14.0 Å². The van der Waals surface area contributed by atoms with E-state index in [1.54, 1.807) is 6.07 Å². The third-order valence-corrected chi connectivity index (χ3v) is 3.89. The molecule has 0 aliphatic rings. The van der Waals surface area contributed by atoms with Crippen LogP contribution in [0, 0.1) is 5.82 Å². The molecular weight excluding hydrogens is 319 g/mol. The number of halogens is 1. The molecule has 0 spiro atoms. The van der Waals surface area contributed by atoms with E-state index in [2.05, 4.69) is 10.6 Å². The van der Waals surface area contributed by atoms with Gasteiger partial charge in [0.15, 0.2) is 0 Å². The second-order valence-electron chi connectivity index (χ2n) is 6.02. The summed E-state index contributed by atoms with van der Waals surface area (Å²) in [5, 5.41) is 5.55. The van der Waals surface area contributed by atoms with Crippen molar-refractivity contribution in [1.29, 1.82) is 0 Å². The number of carbonyl (C=O) groups excluding carboxylic acids is 2. The first-order valence-electron chi connectivity index (χ1n) is 8.37. The first kappa shape index (κ1) is 18.6. The lowest BCUT2D eigenvalue weighted by Crippen LogP contribution is -2.35. The first-order chi connectivity index (χ1) is 12.0. The first-order valence-corrected chi connectivity index (χ1v) is 8.37. The SMILES string of the molecule is C[C@@H](CC(=O)NCCNC(=O)Cc1ccccc1)c1cccc(F)c1. The van der Waals surface area contributed by atoms with Gasteiger partial charge >= 0.3 is 0 Å². The van der Waals surface area contributed by atoms with E-state index in [0.29, 0.717) is 19.5 Å². The van der Waals surface area contributed by atoms with Gasteiger partial charge in [-0.3, -0.25) is 9.59 Å². The predicted molar refractivity (Wildman–Crippen MR) is 95.6 cm³/mol.